The van der Waals surface area contributed by atoms with E-state index >= 15 is 0 Å². The number of piperidine rings is 1. The molecule has 2 aromatic rings. The Balaban J connectivity index is 1.61. The van der Waals surface area contributed by atoms with E-state index in [4.69, 9.17) is 0 Å². The molecule has 2 amide bonds. The number of hydrogen-bond donors (Lipinski definition) is 1. The van der Waals surface area contributed by atoms with Crippen molar-refractivity contribution in [1.82, 2.24) is 4.31 Å². The van der Waals surface area contributed by atoms with Crippen molar-refractivity contribution in [3.05, 3.63) is 53.6 Å². The van der Waals surface area contributed by atoms with E-state index in [-0.39, 0.29) is 17.0 Å². The molecule has 0 bridgehead atoms. The predicted molar refractivity (Wildman–Crippen MR) is 115 cm³/mol. The van der Waals surface area contributed by atoms with Crippen LogP contribution in [0.5, 0.6) is 0 Å². The second kappa shape index (κ2) is 8.59. The maximum atomic E-state index is 14.0. The average Bonchev–Trinajstić information content (AvgIpc) is 3.15. The standard InChI is InChI=1S/C22H23F2N3O4S/c1-14(28)27-20-8-6-17(32(30,31)26-9-3-2-4-10-26)11-15(20)12-21(27)22(29)25-19-7-5-16(23)13-18(19)24/h5-8,11,13,21H,2-4,9-10,12H2,1H3,(H,25,29)/t21-/m1/s1. The number of nitrogens with one attached hydrogen (secondary N) is 1. The zero-order valence-corrected chi connectivity index (χ0v) is 18.3. The Labute approximate surface area is 185 Å². The van der Waals surface area contributed by atoms with Gasteiger partial charge in [0.25, 0.3) is 0 Å². The van der Waals surface area contributed by atoms with E-state index in [1.165, 1.54) is 34.3 Å². The quantitative estimate of drug-likeness (QED) is 0.755. The fourth-order valence-electron chi connectivity index (χ4n) is 4.25. The van der Waals surface area contributed by atoms with Crippen molar-refractivity contribution < 1.29 is 26.8 Å². The predicted octanol–water partition coefficient (Wildman–Crippen LogP) is 3.06. The van der Waals surface area contributed by atoms with E-state index < -0.39 is 39.5 Å². The summed E-state index contributed by atoms with van der Waals surface area (Å²) in [5.74, 6) is -2.77. The third-order valence-corrected chi connectivity index (χ3v) is 7.71. The van der Waals surface area contributed by atoms with Gasteiger partial charge in [-0.15, -0.1) is 0 Å². The Morgan fingerprint density at radius 1 is 1.03 bits per heavy atom. The molecule has 2 aliphatic rings. The van der Waals surface area contributed by atoms with Crippen LogP contribution in [0.25, 0.3) is 0 Å². The molecule has 1 fully saturated rings. The topological polar surface area (TPSA) is 86.8 Å². The molecule has 2 heterocycles. The smallest absolute Gasteiger partial charge is 0.247 e. The van der Waals surface area contributed by atoms with Gasteiger partial charge in [-0.3, -0.25) is 14.5 Å². The fraction of sp³-hybridized carbons (Fsp3) is 0.364. The summed E-state index contributed by atoms with van der Waals surface area (Å²) in [5, 5.41) is 2.39. The first-order chi connectivity index (χ1) is 15.2. The minimum atomic E-state index is -3.67. The number of carbonyl (C=O) groups excluding carboxylic acids is 2. The van der Waals surface area contributed by atoms with Crippen LogP contribution >= 0.6 is 0 Å². The Morgan fingerprint density at radius 2 is 1.75 bits per heavy atom. The monoisotopic (exact) mass is 463 g/mol. The number of hydrogen-bond acceptors (Lipinski definition) is 4. The van der Waals surface area contributed by atoms with Crippen molar-refractivity contribution in [3.63, 3.8) is 0 Å². The summed E-state index contributed by atoms with van der Waals surface area (Å²) in [4.78, 5) is 26.6. The van der Waals surface area contributed by atoms with Crippen LogP contribution in [0.15, 0.2) is 41.3 Å². The van der Waals surface area contributed by atoms with Gasteiger partial charge in [0.15, 0.2) is 0 Å². The maximum absolute atomic E-state index is 14.0. The van der Waals surface area contributed by atoms with E-state index in [1.54, 1.807) is 0 Å². The van der Waals surface area contributed by atoms with E-state index in [9.17, 15) is 26.8 Å². The van der Waals surface area contributed by atoms with Gasteiger partial charge < -0.3 is 5.32 Å². The average molecular weight is 464 g/mol. The normalized spacial score (nSPS) is 19.0. The van der Waals surface area contributed by atoms with Gasteiger partial charge in [0.1, 0.15) is 17.7 Å². The van der Waals surface area contributed by atoms with Crippen molar-refractivity contribution in [2.45, 2.75) is 43.5 Å². The van der Waals surface area contributed by atoms with Crippen LogP contribution in [-0.2, 0) is 26.0 Å². The minimum absolute atomic E-state index is 0.0763. The molecule has 0 aromatic heterocycles. The molecule has 2 aromatic carbocycles. The number of amides is 2. The number of anilines is 2. The zero-order chi connectivity index (χ0) is 23.0. The number of rotatable bonds is 4. The Bertz CT molecular complexity index is 1180. The number of halogens is 2. The van der Waals surface area contributed by atoms with E-state index in [0.717, 1.165) is 31.4 Å². The van der Waals surface area contributed by atoms with Gasteiger partial charge in [-0.2, -0.15) is 4.31 Å². The molecular formula is C22H23F2N3O4S. The van der Waals surface area contributed by atoms with E-state index in [2.05, 4.69) is 5.32 Å². The molecule has 0 saturated carbocycles. The summed E-state index contributed by atoms with van der Waals surface area (Å²) in [7, 11) is -3.67. The van der Waals surface area contributed by atoms with E-state index in [1.807, 2.05) is 0 Å². The number of nitrogens with zero attached hydrogens (tertiary/aromatic N) is 2. The molecule has 10 heteroatoms. The molecule has 0 unspecified atom stereocenters. The van der Waals surface area contributed by atoms with Crippen molar-refractivity contribution in [3.8, 4) is 0 Å². The first-order valence-corrected chi connectivity index (χ1v) is 11.8. The van der Waals surface area contributed by atoms with Gasteiger partial charge in [0.2, 0.25) is 21.8 Å². The molecular weight excluding hydrogens is 440 g/mol. The third kappa shape index (κ3) is 4.12. The summed E-state index contributed by atoms with van der Waals surface area (Å²) < 4.78 is 54.6. The number of benzene rings is 2. The van der Waals surface area contributed by atoms with Gasteiger partial charge in [-0.1, -0.05) is 6.42 Å². The van der Waals surface area contributed by atoms with Gasteiger partial charge in [-0.05, 0) is 48.7 Å². The van der Waals surface area contributed by atoms with Crippen LogP contribution in [0.2, 0.25) is 0 Å². The Kier molecular flexibility index (Phi) is 6.00. The lowest BCUT2D eigenvalue weighted by Crippen LogP contribution is -2.44. The molecule has 7 nitrogen and oxygen atoms in total. The second-order valence-electron chi connectivity index (χ2n) is 7.98. The number of fused-ring (bicyclic) bond motifs is 1. The largest absolute Gasteiger partial charge is 0.322 e. The number of carbonyl (C=O) groups is 2. The zero-order valence-electron chi connectivity index (χ0n) is 17.5. The fourth-order valence-corrected chi connectivity index (χ4v) is 5.82. The van der Waals surface area contributed by atoms with Crippen molar-refractivity contribution in [2.24, 2.45) is 0 Å². The summed E-state index contributed by atoms with van der Waals surface area (Å²) in [6, 6.07) is 6.26. The lowest BCUT2D eigenvalue weighted by atomic mass is 10.1. The first-order valence-electron chi connectivity index (χ1n) is 10.4. The molecule has 2 aliphatic heterocycles. The highest BCUT2D eigenvalue weighted by molar-refractivity contribution is 7.89. The lowest BCUT2D eigenvalue weighted by molar-refractivity contribution is -0.122. The molecule has 1 atom stereocenters. The molecule has 4 rings (SSSR count). The first kappa shape index (κ1) is 22.3. The number of sulfonamides is 1. The molecule has 0 radical (unpaired) electrons. The molecule has 170 valence electrons. The van der Waals surface area contributed by atoms with Crippen LogP contribution in [0.1, 0.15) is 31.7 Å². The molecule has 1 saturated heterocycles. The summed E-state index contributed by atoms with van der Waals surface area (Å²) in [5.41, 5.74) is 0.775. The third-order valence-electron chi connectivity index (χ3n) is 5.82. The van der Waals surface area contributed by atoms with Crippen LogP contribution in [0.4, 0.5) is 20.2 Å². The SMILES string of the molecule is CC(=O)N1c2ccc(S(=O)(=O)N3CCCCC3)cc2C[C@@H]1C(=O)Nc1ccc(F)cc1F. The minimum Gasteiger partial charge on any atom is -0.322 e. The van der Waals surface area contributed by atoms with Gasteiger partial charge in [-0.25, -0.2) is 17.2 Å². The summed E-state index contributed by atoms with van der Waals surface area (Å²) in [6.07, 6.45) is 2.69. The van der Waals surface area contributed by atoms with Gasteiger partial charge >= 0.3 is 0 Å². The van der Waals surface area contributed by atoms with E-state index in [0.29, 0.717) is 30.4 Å². The molecule has 0 aliphatic carbocycles. The van der Waals surface area contributed by atoms with Crippen molar-refractivity contribution >= 4 is 33.2 Å². The maximum Gasteiger partial charge on any atom is 0.247 e. The second-order valence-corrected chi connectivity index (χ2v) is 9.92. The molecule has 1 N–H and O–H groups in total. The van der Waals surface area contributed by atoms with Crippen LogP contribution in [0, 0.1) is 11.6 Å². The highest BCUT2D eigenvalue weighted by Gasteiger charge is 2.38. The van der Waals surface area contributed by atoms with Crippen LogP contribution in [0.3, 0.4) is 0 Å². The highest BCUT2D eigenvalue weighted by Crippen LogP contribution is 2.35. The van der Waals surface area contributed by atoms with Crippen LogP contribution in [-0.4, -0.2) is 43.7 Å². The van der Waals surface area contributed by atoms with Crippen LogP contribution < -0.4 is 10.2 Å². The lowest BCUT2D eigenvalue weighted by Gasteiger charge is -2.26. The van der Waals surface area contributed by atoms with Gasteiger partial charge in [0, 0.05) is 38.2 Å². The van der Waals surface area contributed by atoms with Gasteiger partial charge in [0.05, 0.1) is 10.6 Å². The Morgan fingerprint density at radius 3 is 2.41 bits per heavy atom. The van der Waals surface area contributed by atoms with Crippen molar-refractivity contribution in [2.75, 3.05) is 23.3 Å². The molecule has 32 heavy (non-hydrogen) atoms. The summed E-state index contributed by atoms with van der Waals surface area (Å²) in [6.45, 7) is 2.23. The van der Waals surface area contributed by atoms with Crippen molar-refractivity contribution in [1.29, 1.82) is 0 Å². The Hall–Kier alpha value is -2.85. The summed E-state index contributed by atoms with van der Waals surface area (Å²) >= 11 is 0. The highest BCUT2D eigenvalue weighted by atomic mass is 32.2. The molecule has 0 spiro atoms.